The van der Waals surface area contributed by atoms with Crippen LogP contribution in [0.4, 0.5) is 0 Å². The Hall–Kier alpha value is -0.0400. The van der Waals surface area contributed by atoms with Gasteiger partial charge in [0.2, 0.25) is 0 Å². The Morgan fingerprint density at radius 1 is 0.444 bits per heavy atom. The van der Waals surface area contributed by atoms with E-state index in [4.69, 9.17) is 4.74 Å². The second-order valence-corrected chi connectivity index (χ2v) is 9.93. The maximum atomic E-state index is 5.77. The number of hydrogen-bond donors (Lipinski definition) is 0. The molecule has 0 fully saturated rings. The predicted molar refractivity (Wildman–Crippen MR) is 124 cm³/mol. The lowest BCUT2D eigenvalue weighted by Crippen LogP contribution is -2.05. The zero-order valence-corrected chi connectivity index (χ0v) is 19.8. The summed E-state index contributed by atoms with van der Waals surface area (Å²) in [5, 5.41) is 0. The SMILES string of the molecule is CCCCCCCCCCCCCCCCCCOCCCCC(C)(C)C. The van der Waals surface area contributed by atoms with E-state index in [0.29, 0.717) is 5.41 Å². The minimum atomic E-state index is 0.480. The van der Waals surface area contributed by atoms with Gasteiger partial charge in [0.25, 0.3) is 0 Å². The van der Waals surface area contributed by atoms with Crippen LogP contribution in [0.2, 0.25) is 0 Å². The zero-order valence-electron chi connectivity index (χ0n) is 19.8. The highest BCUT2D eigenvalue weighted by Crippen LogP contribution is 2.21. The second-order valence-electron chi connectivity index (χ2n) is 9.93. The van der Waals surface area contributed by atoms with Crippen LogP contribution in [0.15, 0.2) is 0 Å². The average Bonchev–Trinajstić information content (AvgIpc) is 2.62. The quantitative estimate of drug-likeness (QED) is 0.180. The molecule has 0 saturated carbocycles. The van der Waals surface area contributed by atoms with Gasteiger partial charge in [-0.05, 0) is 24.7 Å². The average molecular weight is 383 g/mol. The molecular formula is C26H54O. The summed E-state index contributed by atoms with van der Waals surface area (Å²) in [6.45, 7) is 11.2. The third-order valence-electron chi connectivity index (χ3n) is 5.61. The van der Waals surface area contributed by atoms with Crippen molar-refractivity contribution < 1.29 is 4.74 Å². The van der Waals surface area contributed by atoms with E-state index < -0.39 is 0 Å². The third-order valence-corrected chi connectivity index (χ3v) is 5.61. The summed E-state index contributed by atoms with van der Waals surface area (Å²) in [5.74, 6) is 0. The number of rotatable bonds is 21. The zero-order chi connectivity index (χ0) is 20.1. The van der Waals surface area contributed by atoms with Crippen molar-refractivity contribution in [1.82, 2.24) is 0 Å². The Labute approximate surface area is 173 Å². The molecule has 0 aliphatic heterocycles. The Bertz CT molecular complexity index is 266. The molecule has 0 aromatic carbocycles. The summed E-state index contributed by atoms with van der Waals surface area (Å²) in [5.41, 5.74) is 0.480. The molecule has 0 unspecified atom stereocenters. The maximum absolute atomic E-state index is 5.77. The molecule has 0 saturated heterocycles. The molecule has 0 bridgehead atoms. The molecule has 0 aliphatic carbocycles. The van der Waals surface area contributed by atoms with Gasteiger partial charge < -0.3 is 4.74 Å². The van der Waals surface area contributed by atoms with Crippen LogP contribution in [0.5, 0.6) is 0 Å². The lowest BCUT2D eigenvalue weighted by atomic mass is 9.90. The molecule has 0 aliphatic rings. The van der Waals surface area contributed by atoms with Gasteiger partial charge >= 0.3 is 0 Å². The Morgan fingerprint density at radius 3 is 1.15 bits per heavy atom. The van der Waals surface area contributed by atoms with Crippen LogP contribution in [0.3, 0.4) is 0 Å². The van der Waals surface area contributed by atoms with Gasteiger partial charge in [-0.2, -0.15) is 0 Å². The van der Waals surface area contributed by atoms with Crippen molar-refractivity contribution in [2.45, 2.75) is 150 Å². The molecule has 0 aromatic rings. The topological polar surface area (TPSA) is 9.23 Å². The minimum absolute atomic E-state index is 0.480. The van der Waals surface area contributed by atoms with Gasteiger partial charge in [-0.15, -0.1) is 0 Å². The van der Waals surface area contributed by atoms with E-state index in [1.807, 2.05) is 0 Å². The standard InChI is InChI=1S/C26H54O/c1-5-6-7-8-9-10-11-12-13-14-15-16-17-18-19-21-24-27-25-22-20-23-26(2,3)4/h5-25H2,1-4H3. The van der Waals surface area contributed by atoms with Crippen molar-refractivity contribution in [3.63, 3.8) is 0 Å². The van der Waals surface area contributed by atoms with E-state index in [-0.39, 0.29) is 0 Å². The van der Waals surface area contributed by atoms with Crippen LogP contribution in [0, 0.1) is 5.41 Å². The normalized spacial score (nSPS) is 12.0. The van der Waals surface area contributed by atoms with Gasteiger partial charge in [-0.3, -0.25) is 0 Å². The molecule has 0 atom stereocenters. The smallest absolute Gasteiger partial charge is 0.0466 e. The van der Waals surface area contributed by atoms with Crippen LogP contribution < -0.4 is 0 Å². The van der Waals surface area contributed by atoms with Crippen LogP contribution in [-0.2, 0) is 4.74 Å². The van der Waals surface area contributed by atoms with E-state index >= 15 is 0 Å². The van der Waals surface area contributed by atoms with Gasteiger partial charge in [0.05, 0.1) is 0 Å². The first-order valence-corrected chi connectivity index (χ1v) is 12.6. The largest absolute Gasteiger partial charge is 0.381 e. The fourth-order valence-corrected chi connectivity index (χ4v) is 3.71. The van der Waals surface area contributed by atoms with Crippen molar-refractivity contribution in [2.24, 2.45) is 5.41 Å². The Morgan fingerprint density at radius 2 is 0.778 bits per heavy atom. The lowest BCUT2D eigenvalue weighted by molar-refractivity contribution is 0.123. The van der Waals surface area contributed by atoms with Gasteiger partial charge in [-0.1, -0.05) is 130 Å². The van der Waals surface area contributed by atoms with Crippen molar-refractivity contribution in [3.8, 4) is 0 Å². The van der Waals surface area contributed by atoms with E-state index in [0.717, 1.165) is 13.2 Å². The second kappa shape index (κ2) is 20.7. The van der Waals surface area contributed by atoms with Gasteiger partial charge in [0, 0.05) is 13.2 Å². The minimum Gasteiger partial charge on any atom is -0.381 e. The highest BCUT2D eigenvalue weighted by molar-refractivity contribution is 4.60. The van der Waals surface area contributed by atoms with Crippen LogP contribution in [0.1, 0.15) is 150 Å². The van der Waals surface area contributed by atoms with Crippen LogP contribution in [0.25, 0.3) is 0 Å². The van der Waals surface area contributed by atoms with Gasteiger partial charge in [-0.25, -0.2) is 0 Å². The molecule has 1 nitrogen and oxygen atoms in total. The molecule has 0 heterocycles. The summed E-state index contributed by atoms with van der Waals surface area (Å²) >= 11 is 0. The third kappa shape index (κ3) is 26.0. The number of hydrogen-bond acceptors (Lipinski definition) is 1. The summed E-state index contributed by atoms with van der Waals surface area (Å²) in [4.78, 5) is 0. The van der Waals surface area contributed by atoms with E-state index in [1.165, 1.54) is 122 Å². The summed E-state index contributed by atoms with van der Waals surface area (Å²) in [7, 11) is 0. The molecule has 0 aromatic heterocycles. The maximum Gasteiger partial charge on any atom is 0.0466 e. The van der Waals surface area contributed by atoms with E-state index in [1.54, 1.807) is 0 Å². The summed E-state index contributed by atoms with van der Waals surface area (Å²) in [6.07, 6.45) is 26.8. The summed E-state index contributed by atoms with van der Waals surface area (Å²) < 4.78 is 5.77. The summed E-state index contributed by atoms with van der Waals surface area (Å²) in [6, 6.07) is 0. The highest BCUT2D eigenvalue weighted by atomic mass is 16.5. The fourth-order valence-electron chi connectivity index (χ4n) is 3.71. The first-order chi connectivity index (χ1) is 13.1. The molecule has 27 heavy (non-hydrogen) atoms. The van der Waals surface area contributed by atoms with Crippen LogP contribution >= 0.6 is 0 Å². The molecule has 0 radical (unpaired) electrons. The Kier molecular flexibility index (Phi) is 20.7. The molecule has 1 heteroatoms. The van der Waals surface area contributed by atoms with Crippen molar-refractivity contribution >= 4 is 0 Å². The van der Waals surface area contributed by atoms with Crippen molar-refractivity contribution in [2.75, 3.05) is 13.2 Å². The molecule has 0 amide bonds. The van der Waals surface area contributed by atoms with Crippen LogP contribution in [-0.4, -0.2) is 13.2 Å². The monoisotopic (exact) mass is 382 g/mol. The van der Waals surface area contributed by atoms with Crippen molar-refractivity contribution in [3.05, 3.63) is 0 Å². The lowest BCUT2D eigenvalue weighted by Gasteiger charge is -2.17. The van der Waals surface area contributed by atoms with Gasteiger partial charge in [0.15, 0.2) is 0 Å². The fraction of sp³-hybridized carbons (Fsp3) is 1.00. The highest BCUT2D eigenvalue weighted by Gasteiger charge is 2.08. The van der Waals surface area contributed by atoms with E-state index in [9.17, 15) is 0 Å². The van der Waals surface area contributed by atoms with E-state index in [2.05, 4.69) is 27.7 Å². The first-order valence-electron chi connectivity index (χ1n) is 12.6. The molecule has 164 valence electrons. The first kappa shape index (κ1) is 27.0. The molecule has 0 rings (SSSR count). The number of unbranched alkanes of at least 4 members (excludes halogenated alkanes) is 16. The Balaban J connectivity index is 3.01. The number of ether oxygens (including phenoxy) is 1. The van der Waals surface area contributed by atoms with Gasteiger partial charge in [0.1, 0.15) is 0 Å². The molecular weight excluding hydrogens is 328 g/mol. The molecule has 0 N–H and O–H groups in total. The van der Waals surface area contributed by atoms with Crippen molar-refractivity contribution in [1.29, 1.82) is 0 Å². The molecule has 0 spiro atoms. The predicted octanol–water partition coefficient (Wildman–Crippen LogP) is 9.48.